The summed E-state index contributed by atoms with van der Waals surface area (Å²) in [4.78, 5) is 18.8. The van der Waals surface area contributed by atoms with E-state index in [0.717, 1.165) is 48.9 Å². The van der Waals surface area contributed by atoms with Crippen LogP contribution >= 0.6 is 0 Å². The highest BCUT2D eigenvalue weighted by Gasteiger charge is 2.21. The van der Waals surface area contributed by atoms with Gasteiger partial charge in [-0.25, -0.2) is 4.98 Å². The van der Waals surface area contributed by atoms with E-state index in [2.05, 4.69) is 22.3 Å². The molecule has 2 aromatic heterocycles. The van der Waals surface area contributed by atoms with Gasteiger partial charge in [-0.3, -0.25) is 9.48 Å². The summed E-state index contributed by atoms with van der Waals surface area (Å²) in [6, 6.07) is 3.72. The van der Waals surface area contributed by atoms with Crippen LogP contribution in [0, 0.1) is 12.8 Å². The minimum atomic E-state index is 0.0871. The molecule has 0 aliphatic carbocycles. The number of nitrogens with one attached hydrogen (secondary N) is 1. The van der Waals surface area contributed by atoms with Crippen LogP contribution in [0.2, 0.25) is 0 Å². The summed E-state index contributed by atoms with van der Waals surface area (Å²) in [5.74, 6) is 1.57. The number of carbonyl (C=O) groups is 1. The molecule has 1 N–H and O–H groups in total. The number of aryl methyl sites for hydroxylation is 1. The number of pyridine rings is 1. The van der Waals surface area contributed by atoms with Crippen molar-refractivity contribution in [2.45, 2.75) is 33.2 Å². The fourth-order valence-electron chi connectivity index (χ4n) is 2.92. The average Bonchev–Trinajstić information content (AvgIpc) is 2.92. The largest absolute Gasteiger partial charge is 0.366 e. The lowest BCUT2D eigenvalue weighted by atomic mass is 9.99. The Bertz CT molecular complexity index is 699. The van der Waals surface area contributed by atoms with Crippen molar-refractivity contribution in [2.24, 2.45) is 13.0 Å². The lowest BCUT2D eigenvalue weighted by molar-refractivity contribution is 0.0697. The van der Waals surface area contributed by atoms with Gasteiger partial charge in [-0.2, -0.15) is 5.10 Å². The SMILES string of the molecule is Cc1c(CNc2ccc(C(=O)N3CCC(C)CC3)cn2)cnn1C. The standard InChI is InChI=1S/C18H25N5O/c1-13-6-8-23(9-7-13)18(24)15-4-5-17(19-10-15)20-11-16-12-21-22(3)14(16)2/h4-5,10,12-13H,6-9,11H2,1-3H3,(H,19,20). The maximum absolute atomic E-state index is 12.5. The fraction of sp³-hybridized carbons (Fsp3) is 0.500. The molecule has 0 unspecified atom stereocenters. The van der Waals surface area contributed by atoms with Crippen LogP contribution in [0.25, 0.3) is 0 Å². The van der Waals surface area contributed by atoms with E-state index < -0.39 is 0 Å². The first-order valence-electron chi connectivity index (χ1n) is 8.51. The minimum Gasteiger partial charge on any atom is -0.366 e. The van der Waals surface area contributed by atoms with Gasteiger partial charge in [-0.1, -0.05) is 6.92 Å². The number of nitrogens with zero attached hydrogens (tertiary/aromatic N) is 4. The van der Waals surface area contributed by atoms with Crippen LogP contribution in [0.3, 0.4) is 0 Å². The van der Waals surface area contributed by atoms with E-state index in [9.17, 15) is 4.79 Å². The van der Waals surface area contributed by atoms with Crippen molar-refractivity contribution < 1.29 is 4.79 Å². The van der Waals surface area contributed by atoms with E-state index in [1.165, 1.54) is 0 Å². The third kappa shape index (κ3) is 3.58. The average molecular weight is 327 g/mol. The van der Waals surface area contributed by atoms with Crippen LogP contribution in [-0.2, 0) is 13.6 Å². The van der Waals surface area contributed by atoms with Crippen LogP contribution in [0.15, 0.2) is 24.5 Å². The Morgan fingerprint density at radius 1 is 1.29 bits per heavy atom. The van der Waals surface area contributed by atoms with Crippen molar-refractivity contribution in [1.29, 1.82) is 0 Å². The predicted molar refractivity (Wildman–Crippen MR) is 93.8 cm³/mol. The number of carbonyl (C=O) groups excluding carboxylic acids is 1. The molecule has 0 saturated carbocycles. The van der Waals surface area contributed by atoms with Gasteiger partial charge in [0.1, 0.15) is 5.82 Å². The molecule has 0 atom stereocenters. The molecular weight excluding hydrogens is 302 g/mol. The predicted octanol–water partition coefficient (Wildman–Crippen LogP) is 2.61. The molecule has 1 aliphatic heterocycles. The molecule has 0 spiro atoms. The third-order valence-corrected chi connectivity index (χ3v) is 4.88. The quantitative estimate of drug-likeness (QED) is 0.937. The third-order valence-electron chi connectivity index (χ3n) is 4.88. The number of hydrogen-bond acceptors (Lipinski definition) is 4. The van der Waals surface area contributed by atoms with Gasteiger partial charge >= 0.3 is 0 Å². The maximum atomic E-state index is 12.5. The number of aromatic nitrogens is 3. The van der Waals surface area contributed by atoms with Gasteiger partial charge in [-0.15, -0.1) is 0 Å². The topological polar surface area (TPSA) is 63.1 Å². The number of amides is 1. The fourth-order valence-corrected chi connectivity index (χ4v) is 2.92. The summed E-state index contributed by atoms with van der Waals surface area (Å²) in [7, 11) is 1.93. The van der Waals surface area contributed by atoms with Gasteiger partial charge in [0.05, 0.1) is 11.8 Å². The molecule has 0 bridgehead atoms. The van der Waals surface area contributed by atoms with Crippen molar-refractivity contribution >= 4 is 11.7 Å². The Kier molecular flexibility index (Phi) is 4.83. The van der Waals surface area contributed by atoms with E-state index in [0.29, 0.717) is 12.1 Å². The van der Waals surface area contributed by atoms with E-state index in [1.807, 2.05) is 41.9 Å². The summed E-state index contributed by atoms with van der Waals surface area (Å²) in [5, 5.41) is 7.51. The zero-order valence-corrected chi connectivity index (χ0v) is 14.6. The molecule has 0 radical (unpaired) electrons. The summed E-state index contributed by atoms with van der Waals surface area (Å²) in [6.45, 7) is 6.65. The van der Waals surface area contributed by atoms with Gasteiger partial charge < -0.3 is 10.2 Å². The van der Waals surface area contributed by atoms with Crippen molar-refractivity contribution in [3.8, 4) is 0 Å². The van der Waals surface area contributed by atoms with E-state index >= 15 is 0 Å². The zero-order chi connectivity index (χ0) is 17.1. The van der Waals surface area contributed by atoms with Crippen LogP contribution in [0.5, 0.6) is 0 Å². The number of hydrogen-bond donors (Lipinski definition) is 1. The highest BCUT2D eigenvalue weighted by molar-refractivity contribution is 5.94. The van der Waals surface area contributed by atoms with E-state index in [-0.39, 0.29) is 5.91 Å². The Balaban J connectivity index is 1.59. The zero-order valence-electron chi connectivity index (χ0n) is 14.6. The first kappa shape index (κ1) is 16.5. The Morgan fingerprint density at radius 2 is 2.04 bits per heavy atom. The van der Waals surface area contributed by atoms with Crippen molar-refractivity contribution in [3.05, 3.63) is 41.3 Å². The number of anilines is 1. The van der Waals surface area contributed by atoms with E-state index in [1.54, 1.807) is 6.20 Å². The van der Waals surface area contributed by atoms with Gasteiger partial charge in [0.2, 0.25) is 0 Å². The second-order valence-corrected chi connectivity index (χ2v) is 6.64. The van der Waals surface area contributed by atoms with Gasteiger partial charge in [0.25, 0.3) is 5.91 Å². The van der Waals surface area contributed by atoms with Crippen molar-refractivity contribution in [3.63, 3.8) is 0 Å². The van der Waals surface area contributed by atoms with Crippen LogP contribution in [-0.4, -0.2) is 38.7 Å². The normalized spacial score (nSPS) is 15.5. The lowest BCUT2D eigenvalue weighted by Gasteiger charge is -2.30. The molecule has 1 fully saturated rings. The lowest BCUT2D eigenvalue weighted by Crippen LogP contribution is -2.37. The van der Waals surface area contributed by atoms with Crippen LogP contribution < -0.4 is 5.32 Å². The monoisotopic (exact) mass is 327 g/mol. The molecule has 3 heterocycles. The molecule has 1 amide bonds. The molecule has 6 heteroatoms. The Morgan fingerprint density at radius 3 is 2.62 bits per heavy atom. The Hall–Kier alpha value is -2.37. The summed E-state index contributed by atoms with van der Waals surface area (Å²) in [6.07, 6.45) is 5.70. The summed E-state index contributed by atoms with van der Waals surface area (Å²) < 4.78 is 1.85. The first-order valence-corrected chi connectivity index (χ1v) is 8.51. The molecule has 24 heavy (non-hydrogen) atoms. The maximum Gasteiger partial charge on any atom is 0.255 e. The second kappa shape index (κ2) is 7.03. The molecular formula is C18H25N5O. The molecule has 128 valence electrons. The smallest absolute Gasteiger partial charge is 0.255 e. The second-order valence-electron chi connectivity index (χ2n) is 6.64. The number of piperidine rings is 1. The molecule has 0 aromatic carbocycles. The number of likely N-dealkylation sites (tertiary alicyclic amines) is 1. The van der Waals surface area contributed by atoms with Gasteiger partial charge in [-0.05, 0) is 37.8 Å². The molecule has 2 aromatic rings. The molecule has 1 aliphatic rings. The minimum absolute atomic E-state index is 0.0871. The van der Waals surface area contributed by atoms with Crippen LogP contribution in [0.4, 0.5) is 5.82 Å². The van der Waals surface area contributed by atoms with Crippen LogP contribution in [0.1, 0.15) is 41.4 Å². The van der Waals surface area contributed by atoms with E-state index in [4.69, 9.17) is 0 Å². The first-order chi connectivity index (χ1) is 11.5. The molecule has 1 saturated heterocycles. The highest BCUT2D eigenvalue weighted by Crippen LogP contribution is 2.18. The van der Waals surface area contributed by atoms with Gasteiger partial charge in [0, 0.05) is 44.1 Å². The molecule has 3 rings (SSSR count). The number of rotatable bonds is 4. The van der Waals surface area contributed by atoms with Crippen molar-refractivity contribution in [2.75, 3.05) is 18.4 Å². The van der Waals surface area contributed by atoms with Crippen molar-refractivity contribution in [1.82, 2.24) is 19.7 Å². The molecule has 6 nitrogen and oxygen atoms in total. The summed E-state index contributed by atoms with van der Waals surface area (Å²) in [5.41, 5.74) is 2.93. The summed E-state index contributed by atoms with van der Waals surface area (Å²) >= 11 is 0. The Labute approximate surface area is 142 Å². The highest BCUT2D eigenvalue weighted by atomic mass is 16.2. The van der Waals surface area contributed by atoms with Gasteiger partial charge in [0.15, 0.2) is 0 Å².